The summed E-state index contributed by atoms with van der Waals surface area (Å²) in [6.07, 6.45) is 2.74. The van der Waals surface area contributed by atoms with Crippen LogP contribution in [-0.2, 0) is 16.7 Å². The molecule has 0 amide bonds. The van der Waals surface area contributed by atoms with Gasteiger partial charge in [-0.3, -0.25) is 4.55 Å². The number of aliphatic hydroxyl groups is 1. The summed E-state index contributed by atoms with van der Waals surface area (Å²) in [7, 11) is -4.47. The molecule has 0 spiro atoms. The van der Waals surface area contributed by atoms with E-state index in [4.69, 9.17) is 4.74 Å². The van der Waals surface area contributed by atoms with Gasteiger partial charge >= 0.3 is 0 Å². The van der Waals surface area contributed by atoms with Crippen molar-refractivity contribution in [2.75, 3.05) is 13.2 Å². The van der Waals surface area contributed by atoms with Crippen molar-refractivity contribution in [1.29, 1.82) is 0 Å². The number of allylic oxidation sites excluding steroid dienone is 1. The second kappa shape index (κ2) is 5.68. The van der Waals surface area contributed by atoms with Crippen LogP contribution in [0, 0.1) is 5.92 Å². The normalized spacial score (nSPS) is 22.6. The van der Waals surface area contributed by atoms with Crippen LogP contribution >= 0.6 is 0 Å². The molecule has 1 aromatic rings. The third-order valence-electron chi connectivity index (χ3n) is 5.00. The molecule has 0 aromatic heterocycles. The lowest BCUT2D eigenvalue weighted by molar-refractivity contribution is 0.135. The molecule has 1 saturated carbocycles. The average molecular weight is 383 g/mol. The van der Waals surface area contributed by atoms with E-state index in [1.165, 1.54) is 19.9 Å². The molecule has 4 rings (SSSR count). The van der Waals surface area contributed by atoms with Crippen LogP contribution in [0.3, 0.4) is 0 Å². The highest BCUT2D eigenvalue weighted by Gasteiger charge is 2.39. The summed E-state index contributed by atoms with van der Waals surface area (Å²) in [6.45, 7) is 3.49. The van der Waals surface area contributed by atoms with Gasteiger partial charge in [0.05, 0.1) is 6.54 Å². The summed E-state index contributed by atoms with van der Waals surface area (Å²) < 4.78 is 53.5. The Bertz CT molecular complexity index is 899. The van der Waals surface area contributed by atoms with Crippen LogP contribution < -0.4 is 4.74 Å². The Kier molecular flexibility index (Phi) is 3.88. The summed E-state index contributed by atoms with van der Waals surface area (Å²) in [6, 6.07) is 1.29. The number of fused-ring (bicyclic) bond motifs is 3. The van der Waals surface area contributed by atoms with Crippen molar-refractivity contribution in [2.45, 2.75) is 49.9 Å². The molecule has 1 aromatic carbocycles. The predicted molar refractivity (Wildman–Crippen MR) is 93.0 cm³/mol. The number of rotatable bonds is 4. The van der Waals surface area contributed by atoms with Gasteiger partial charge < -0.3 is 14.7 Å². The smallest absolute Gasteiger partial charge is 0.295 e. The van der Waals surface area contributed by atoms with E-state index in [0.29, 0.717) is 22.4 Å². The zero-order valence-electron chi connectivity index (χ0n) is 14.7. The van der Waals surface area contributed by atoms with E-state index in [9.17, 15) is 22.5 Å². The highest BCUT2D eigenvalue weighted by Crippen LogP contribution is 2.48. The summed E-state index contributed by atoms with van der Waals surface area (Å²) in [5.41, 5.74) is 0.775. The number of aliphatic hydroxyl groups excluding tert-OH is 1. The van der Waals surface area contributed by atoms with Gasteiger partial charge in [0.15, 0.2) is 0 Å². The fraction of sp³-hybridized carbons (Fsp3) is 0.556. The highest BCUT2D eigenvalue weighted by molar-refractivity contribution is 7.86. The molecule has 2 N–H and O–H groups in total. The molecule has 2 aliphatic heterocycles. The van der Waals surface area contributed by atoms with Crippen molar-refractivity contribution in [3.05, 3.63) is 28.5 Å². The van der Waals surface area contributed by atoms with E-state index < -0.39 is 21.9 Å². The largest absolute Gasteiger partial charge is 0.490 e. The third kappa shape index (κ3) is 3.10. The highest BCUT2D eigenvalue weighted by atomic mass is 32.2. The van der Waals surface area contributed by atoms with E-state index in [1.807, 2.05) is 4.90 Å². The van der Waals surface area contributed by atoms with Gasteiger partial charge in [-0.2, -0.15) is 8.42 Å². The first-order chi connectivity index (χ1) is 12.0. The van der Waals surface area contributed by atoms with Crippen LogP contribution in [-0.4, -0.2) is 41.8 Å². The number of alkyl halides is 1. The second-order valence-corrected chi connectivity index (χ2v) is 9.30. The molecule has 142 valence electrons. The quantitative estimate of drug-likeness (QED) is 0.778. The van der Waals surface area contributed by atoms with Crippen molar-refractivity contribution >= 4 is 16.2 Å². The Morgan fingerprint density at radius 1 is 1.38 bits per heavy atom. The van der Waals surface area contributed by atoms with Crippen molar-refractivity contribution in [3.63, 3.8) is 0 Å². The molecule has 0 radical (unpaired) electrons. The number of hydrogen-bond donors (Lipinski definition) is 2. The molecule has 1 fully saturated rings. The van der Waals surface area contributed by atoms with Gasteiger partial charge in [-0.25, -0.2) is 4.39 Å². The summed E-state index contributed by atoms with van der Waals surface area (Å²) >= 11 is 0. The van der Waals surface area contributed by atoms with Crippen LogP contribution in [0.25, 0.3) is 6.08 Å². The molecule has 1 unspecified atom stereocenters. The minimum atomic E-state index is -4.47. The first kappa shape index (κ1) is 17.8. The maximum absolute atomic E-state index is 14.3. The molecular weight excluding hydrogens is 361 g/mol. The van der Waals surface area contributed by atoms with Gasteiger partial charge in [0.25, 0.3) is 10.1 Å². The number of halogens is 1. The van der Waals surface area contributed by atoms with Crippen molar-refractivity contribution in [3.8, 4) is 5.75 Å². The lowest BCUT2D eigenvalue weighted by Crippen LogP contribution is -2.37. The number of benzene rings is 1. The van der Waals surface area contributed by atoms with E-state index in [2.05, 4.69) is 0 Å². The standard InChI is InChI=1S/C18H22FNO5S/c1-18(2,19)9-20-7-13-11(5-14(20)10-3-4-10)16(26(22,23)24)6-12-15(21)8-25-17(12)13/h5-6,10,15,21H,3-4,7-9H2,1-2H3,(H,22,23,24). The van der Waals surface area contributed by atoms with Gasteiger partial charge in [0, 0.05) is 28.9 Å². The fourth-order valence-corrected chi connectivity index (χ4v) is 4.54. The SMILES string of the molecule is CC(C)(F)CN1Cc2c(c(S(=O)(=O)O)cc3c2OCC3O)C=C1C1CC1. The summed E-state index contributed by atoms with van der Waals surface area (Å²) in [5.74, 6) is 0.715. The molecule has 1 atom stereocenters. The Balaban J connectivity index is 1.91. The lowest BCUT2D eigenvalue weighted by Gasteiger charge is -2.36. The zero-order chi connectivity index (χ0) is 18.9. The van der Waals surface area contributed by atoms with Crippen LogP contribution in [0.15, 0.2) is 16.7 Å². The lowest BCUT2D eigenvalue weighted by atomic mass is 9.94. The predicted octanol–water partition coefficient (Wildman–Crippen LogP) is 2.67. The van der Waals surface area contributed by atoms with Crippen LogP contribution in [0.5, 0.6) is 5.75 Å². The molecule has 3 aliphatic rings. The minimum Gasteiger partial charge on any atom is -0.490 e. The van der Waals surface area contributed by atoms with E-state index in [0.717, 1.165) is 18.5 Å². The Labute approximate surface area is 152 Å². The van der Waals surface area contributed by atoms with Gasteiger partial charge in [-0.1, -0.05) is 0 Å². The van der Waals surface area contributed by atoms with E-state index in [-0.39, 0.29) is 30.5 Å². The van der Waals surface area contributed by atoms with E-state index in [1.54, 1.807) is 6.08 Å². The Morgan fingerprint density at radius 2 is 2.08 bits per heavy atom. The topological polar surface area (TPSA) is 87.1 Å². The van der Waals surface area contributed by atoms with E-state index >= 15 is 0 Å². The van der Waals surface area contributed by atoms with Gasteiger partial charge in [0.2, 0.25) is 0 Å². The number of nitrogens with zero attached hydrogens (tertiary/aromatic N) is 1. The molecule has 8 heteroatoms. The Morgan fingerprint density at radius 3 is 2.65 bits per heavy atom. The molecular formula is C18H22FNO5S. The van der Waals surface area contributed by atoms with Gasteiger partial charge in [-0.05, 0) is 44.7 Å². The maximum Gasteiger partial charge on any atom is 0.295 e. The number of hydrogen-bond acceptors (Lipinski definition) is 5. The van der Waals surface area contributed by atoms with Crippen LogP contribution in [0.2, 0.25) is 0 Å². The third-order valence-corrected chi connectivity index (χ3v) is 5.90. The zero-order valence-corrected chi connectivity index (χ0v) is 15.5. The molecule has 0 bridgehead atoms. The van der Waals surface area contributed by atoms with Crippen LogP contribution in [0.4, 0.5) is 4.39 Å². The monoisotopic (exact) mass is 383 g/mol. The summed E-state index contributed by atoms with van der Waals surface area (Å²) in [4.78, 5) is 1.69. The van der Waals surface area contributed by atoms with Crippen LogP contribution in [0.1, 0.15) is 49.5 Å². The first-order valence-corrected chi connectivity index (χ1v) is 10.1. The second-order valence-electron chi connectivity index (χ2n) is 7.91. The first-order valence-electron chi connectivity index (χ1n) is 8.68. The molecule has 0 saturated heterocycles. The summed E-state index contributed by atoms with van der Waals surface area (Å²) in [5, 5.41) is 10.1. The van der Waals surface area contributed by atoms with Gasteiger partial charge in [-0.15, -0.1) is 0 Å². The molecule has 1 aliphatic carbocycles. The van der Waals surface area contributed by atoms with Gasteiger partial charge in [0.1, 0.15) is 29.0 Å². The van der Waals surface area contributed by atoms with Crippen molar-refractivity contribution < 1.29 is 27.2 Å². The number of ether oxygens (including phenoxy) is 1. The molecule has 6 nitrogen and oxygen atoms in total. The average Bonchev–Trinajstić information content (AvgIpc) is 3.27. The Hall–Kier alpha value is -1.64. The maximum atomic E-state index is 14.3. The fourth-order valence-electron chi connectivity index (χ4n) is 3.81. The van der Waals surface area contributed by atoms with Crippen molar-refractivity contribution in [1.82, 2.24) is 4.90 Å². The van der Waals surface area contributed by atoms with Crippen molar-refractivity contribution in [2.24, 2.45) is 5.92 Å². The molecule has 2 heterocycles. The minimum absolute atomic E-state index is 0.0322. The molecule has 26 heavy (non-hydrogen) atoms.